The van der Waals surface area contributed by atoms with E-state index in [1.807, 2.05) is 13.8 Å². The van der Waals surface area contributed by atoms with Gasteiger partial charge in [-0.1, -0.05) is 0 Å². The number of rotatable bonds is 2. The third-order valence-electron chi connectivity index (χ3n) is 1.58. The Morgan fingerprint density at radius 2 is 2.21 bits per heavy atom. The first-order valence-electron chi connectivity index (χ1n) is 4.23. The van der Waals surface area contributed by atoms with Crippen molar-refractivity contribution < 1.29 is 10.0 Å². The third kappa shape index (κ3) is 2.35. The fourth-order valence-corrected chi connectivity index (χ4v) is 0.958. The Balaban J connectivity index is 2.92. The van der Waals surface area contributed by atoms with Gasteiger partial charge in [0.25, 0.3) is 11.5 Å². The minimum Gasteiger partial charge on any atom is -0.425 e. The van der Waals surface area contributed by atoms with Crippen molar-refractivity contribution in [1.29, 1.82) is 0 Å². The van der Waals surface area contributed by atoms with Gasteiger partial charge in [0.05, 0.1) is 0 Å². The Bertz CT molecular complexity index is 395. The number of nitrogens with zero attached hydrogens (tertiary/aromatic N) is 1. The highest BCUT2D eigenvalue weighted by atomic mass is 16.5. The smallest absolute Gasteiger partial charge is 0.283 e. The molecule has 2 N–H and O–H groups in total. The van der Waals surface area contributed by atoms with Crippen molar-refractivity contribution in [2.75, 3.05) is 0 Å². The molecule has 0 radical (unpaired) electrons. The summed E-state index contributed by atoms with van der Waals surface area (Å²) in [5, 5.41) is 11.5. The van der Waals surface area contributed by atoms with Crippen LogP contribution in [-0.2, 0) is 0 Å². The Labute approximate surface area is 80.9 Å². The fourth-order valence-electron chi connectivity index (χ4n) is 0.958. The zero-order valence-corrected chi connectivity index (χ0v) is 8.02. The van der Waals surface area contributed by atoms with Gasteiger partial charge in [0, 0.05) is 23.9 Å². The molecular formula is C9H12N2O3. The molecule has 1 aromatic rings. The van der Waals surface area contributed by atoms with Gasteiger partial charge in [-0.3, -0.25) is 9.59 Å². The van der Waals surface area contributed by atoms with Crippen LogP contribution in [-0.4, -0.2) is 21.9 Å². The number of nitrogens with one attached hydrogen (secondary N) is 1. The van der Waals surface area contributed by atoms with Gasteiger partial charge in [0.1, 0.15) is 0 Å². The zero-order valence-electron chi connectivity index (χ0n) is 8.02. The standard InChI is InChI=1S/C9H12N2O3/c1-6(2)10-9(13)7-3-4-11(14)8(12)5-7/h3-6,14H,1-2H3,(H,10,13). The van der Waals surface area contributed by atoms with Gasteiger partial charge < -0.3 is 10.5 Å². The van der Waals surface area contributed by atoms with E-state index in [0.717, 1.165) is 12.3 Å². The highest BCUT2D eigenvalue weighted by Crippen LogP contribution is 1.94. The van der Waals surface area contributed by atoms with Crippen LogP contribution in [0.5, 0.6) is 0 Å². The molecule has 14 heavy (non-hydrogen) atoms. The van der Waals surface area contributed by atoms with Gasteiger partial charge in [-0.05, 0) is 19.9 Å². The molecule has 0 saturated heterocycles. The lowest BCUT2D eigenvalue weighted by Crippen LogP contribution is -2.31. The van der Waals surface area contributed by atoms with Crippen molar-refractivity contribution in [2.45, 2.75) is 19.9 Å². The summed E-state index contributed by atoms with van der Waals surface area (Å²) in [6.07, 6.45) is 1.14. The topological polar surface area (TPSA) is 71.3 Å². The molecule has 0 unspecified atom stereocenters. The van der Waals surface area contributed by atoms with Gasteiger partial charge >= 0.3 is 0 Å². The molecule has 0 spiro atoms. The van der Waals surface area contributed by atoms with Crippen LogP contribution in [0, 0.1) is 0 Å². The van der Waals surface area contributed by atoms with Crippen LogP contribution in [0.1, 0.15) is 24.2 Å². The Kier molecular flexibility index (Phi) is 2.91. The Morgan fingerprint density at radius 3 is 2.71 bits per heavy atom. The lowest BCUT2D eigenvalue weighted by molar-refractivity contribution is 0.0942. The molecule has 1 aromatic heterocycles. The van der Waals surface area contributed by atoms with Crippen molar-refractivity contribution >= 4 is 5.91 Å². The largest absolute Gasteiger partial charge is 0.425 e. The Morgan fingerprint density at radius 1 is 1.57 bits per heavy atom. The normalized spacial score (nSPS) is 10.2. The summed E-state index contributed by atoms with van der Waals surface area (Å²) in [6.45, 7) is 3.65. The molecular weight excluding hydrogens is 184 g/mol. The van der Waals surface area contributed by atoms with Crippen LogP contribution < -0.4 is 10.9 Å². The number of hydrogen-bond donors (Lipinski definition) is 2. The molecule has 0 aliphatic heterocycles. The van der Waals surface area contributed by atoms with E-state index in [9.17, 15) is 9.59 Å². The number of pyridine rings is 1. The first kappa shape index (κ1) is 10.3. The second-order valence-electron chi connectivity index (χ2n) is 3.23. The number of carbonyl (C=O) groups excluding carboxylic acids is 1. The van der Waals surface area contributed by atoms with Crippen molar-refractivity contribution in [1.82, 2.24) is 10.0 Å². The summed E-state index contributed by atoms with van der Waals surface area (Å²) in [5.41, 5.74) is -0.379. The van der Waals surface area contributed by atoms with Gasteiger partial charge in [-0.15, -0.1) is 0 Å². The van der Waals surface area contributed by atoms with Crippen LogP contribution in [0.15, 0.2) is 23.1 Å². The minimum atomic E-state index is -0.624. The van der Waals surface area contributed by atoms with Crippen LogP contribution in [0.2, 0.25) is 0 Å². The minimum absolute atomic E-state index is 0.0130. The van der Waals surface area contributed by atoms with E-state index in [0.29, 0.717) is 4.73 Å². The number of aromatic nitrogens is 1. The molecule has 0 saturated carbocycles. The van der Waals surface area contributed by atoms with Gasteiger partial charge in [0.15, 0.2) is 0 Å². The van der Waals surface area contributed by atoms with E-state index in [4.69, 9.17) is 5.21 Å². The molecule has 1 amide bonds. The summed E-state index contributed by atoms with van der Waals surface area (Å²) >= 11 is 0. The van der Waals surface area contributed by atoms with E-state index < -0.39 is 5.56 Å². The van der Waals surface area contributed by atoms with Gasteiger partial charge in [-0.2, -0.15) is 4.73 Å². The maximum atomic E-state index is 11.4. The highest BCUT2D eigenvalue weighted by molar-refractivity contribution is 5.94. The molecule has 0 aliphatic rings. The van der Waals surface area contributed by atoms with Crippen molar-refractivity contribution in [3.63, 3.8) is 0 Å². The molecule has 0 aromatic carbocycles. The summed E-state index contributed by atoms with van der Waals surface area (Å²) in [7, 11) is 0. The molecule has 0 fully saturated rings. The summed E-state index contributed by atoms with van der Waals surface area (Å²) in [4.78, 5) is 22.3. The fraction of sp³-hybridized carbons (Fsp3) is 0.333. The summed E-state index contributed by atoms with van der Waals surface area (Å²) < 4.78 is 0.423. The van der Waals surface area contributed by atoms with Crippen molar-refractivity contribution in [3.8, 4) is 0 Å². The van der Waals surface area contributed by atoms with E-state index in [1.54, 1.807) is 0 Å². The summed E-state index contributed by atoms with van der Waals surface area (Å²) in [6, 6.07) is 2.47. The number of hydrogen-bond acceptors (Lipinski definition) is 3. The van der Waals surface area contributed by atoms with E-state index in [2.05, 4.69) is 5.32 Å². The van der Waals surface area contributed by atoms with Crippen LogP contribution in [0.25, 0.3) is 0 Å². The maximum Gasteiger partial charge on any atom is 0.283 e. The van der Waals surface area contributed by atoms with E-state index >= 15 is 0 Å². The summed E-state index contributed by atoms with van der Waals surface area (Å²) in [5.74, 6) is -0.322. The lowest BCUT2D eigenvalue weighted by Gasteiger charge is -2.07. The molecule has 1 heterocycles. The van der Waals surface area contributed by atoms with Gasteiger partial charge in [-0.25, -0.2) is 0 Å². The van der Waals surface area contributed by atoms with Crippen LogP contribution in [0.4, 0.5) is 0 Å². The number of amides is 1. The average Bonchev–Trinajstić information content (AvgIpc) is 2.08. The Hall–Kier alpha value is -1.78. The SMILES string of the molecule is CC(C)NC(=O)c1ccn(O)c(=O)c1. The second kappa shape index (κ2) is 3.95. The molecule has 76 valence electrons. The van der Waals surface area contributed by atoms with E-state index in [-0.39, 0.29) is 17.5 Å². The van der Waals surface area contributed by atoms with E-state index in [1.165, 1.54) is 6.07 Å². The van der Waals surface area contributed by atoms with Crippen LogP contribution in [0.3, 0.4) is 0 Å². The third-order valence-corrected chi connectivity index (χ3v) is 1.58. The first-order chi connectivity index (χ1) is 6.50. The quantitative estimate of drug-likeness (QED) is 0.665. The predicted octanol–water partition coefficient (Wildman–Crippen LogP) is 0.224. The first-order valence-corrected chi connectivity index (χ1v) is 4.23. The second-order valence-corrected chi connectivity index (χ2v) is 3.23. The van der Waals surface area contributed by atoms with Crippen molar-refractivity contribution in [2.24, 2.45) is 0 Å². The molecule has 0 atom stereocenters. The molecule has 0 bridgehead atoms. The molecule has 5 heteroatoms. The lowest BCUT2D eigenvalue weighted by atomic mass is 10.2. The predicted molar refractivity (Wildman–Crippen MR) is 50.5 cm³/mol. The maximum absolute atomic E-state index is 11.4. The average molecular weight is 196 g/mol. The monoisotopic (exact) mass is 196 g/mol. The van der Waals surface area contributed by atoms with Gasteiger partial charge in [0.2, 0.25) is 0 Å². The zero-order chi connectivity index (χ0) is 10.7. The van der Waals surface area contributed by atoms with Crippen LogP contribution >= 0.6 is 0 Å². The highest BCUT2D eigenvalue weighted by Gasteiger charge is 2.07. The molecule has 0 aliphatic carbocycles. The molecule has 1 rings (SSSR count). The number of carbonyl (C=O) groups is 1. The van der Waals surface area contributed by atoms with Crippen molar-refractivity contribution in [3.05, 3.63) is 34.2 Å². The molecule has 5 nitrogen and oxygen atoms in total.